The van der Waals surface area contributed by atoms with Crippen LogP contribution in [0.5, 0.6) is 0 Å². The molecular weight excluding hydrogens is 188 g/mol. The SMILES string of the molecule is c1cc2c(s1)Cc1ncsc1N2. The molecule has 0 aliphatic carbocycles. The van der Waals surface area contributed by atoms with Crippen LogP contribution < -0.4 is 5.32 Å². The highest BCUT2D eigenvalue weighted by atomic mass is 32.1. The van der Waals surface area contributed by atoms with Crippen molar-refractivity contribution >= 4 is 33.4 Å². The Balaban J connectivity index is 2.15. The molecule has 2 nitrogen and oxygen atoms in total. The van der Waals surface area contributed by atoms with Crippen molar-refractivity contribution in [1.29, 1.82) is 0 Å². The fourth-order valence-corrected chi connectivity index (χ4v) is 2.91. The average molecular weight is 194 g/mol. The number of rotatable bonds is 0. The molecule has 3 heterocycles. The topological polar surface area (TPSA) is 24.9 Å². The standard InChI is InChI=1S/C8H6N2S2/c1-2-11-7-3-6-8(10-5(1)7)12-4-9-6/h1-2,4,10H,3H2. The summed E-state index contributed by atoms with van der Waals surface area (Å²) in [6.45, 7) is 0. The second-order valence-corrected chi connectivity index (χ2v) is 4.54. The van der Waals surface area contributed by atoms with Gasteiger partial charge in [-0.3, -0.25) is 0 Å². The van der Waals surface area contributed by atoms with Crippen molar-refractivity contribution in [2.45, 2.75) is 6.42 Å². The van der Waals surface area contributed by atoms with Crippen LogP contribution in [0.15, 0.2) is 17.0 Å². The van der Waals surface area contributed by atoms with Crippen molar-refractivity contribution in [3.8, 4) is 0 Å². The Morgan fingerprint density at radius 1 is 1.42 bits per heavy atom. The number of anilines is 2. The van der Waals surface area contributed by atoms with Crippen molar-refractivity contribution in [3.05, 3.63) is 27.5 Å². The van der Waals surface area contributed by atoms with E-state index in [0.717, 1.165) is 6.42 Å². The number of hydrogen-bond donors (Lipinski definition) is 1. The molecule has 0 amide bonds. The first-order valence-corrected chi connectivity index (χ1v) is 5.45. The lowest BCUT2D eigenvalue weighted by Crippen LogP contribution is -2.01. The maximum absolute atomic E-state index is 4.30. The summed E-state index contributed by atoms with van der Waals surface area (Å²) in [6.07, 6.45) is 0.999. The van der Waals surface area contributed by atoms with Crippen LogP contribution in [0.4, 0.5) is 10.7 Å². The van der Waals surface area contributed by atoms with Gasteiger partial charge in [-0.15, -0.1) is 22.7 Å². The molecular formula is C8H6N2S2. The maximum atomic E-state index is 4.30. The average Bonchev–Trinajstić information content (AvgIpc) is 2.64. The van der Waals surface area contributed by atoms with Crippen molar-refractivity contribution in [1.82, 2.24) is 4.98 Å². The van der Waals surface area contributed by atoms with Crippen LogP contribution in [0.2, 0.25) is 0 Å². The van der Waals surface area contributed by atoms with Gasteiger partial charge in [-0.25, -0.2) is 4.98 Å². The van der Waals surface area contributed by atoms with Gasteiger partial charge in [0.2, 0.25) is 0 Å². The molecule has 1 aliphatic heterocycles. The zero-order chi connectivity index (χ0) is 7.97. The molecule has 4 heteroatoms. The fourth-order valence-electron chi connectivity index (χ4n) is 1.36. The van der Waals surface area contributed by atoms with E-state index in [1.807, 2.05) is 5.51 Å². The number of aromatic nitrogens is 1. The van der Waals surface area contributed by atoms with E-state index in [9.17, 15) is 0 Å². The monoisotopic (exact) mass is 194 g/mol. The van der Waals surface area contributed by atoms with E-state index >= 15 is 0 Å². The normalized spacial score (nSPS) is 13.3. The van der Waals surface area contributed by atoms with Crippen molar-refractivity contribution in [2.24, 2.45) is 0 Å². The van der Waals surface area contributed by atoms with E-state index in [2.05, 4.69) is 21.7 Å². The largest absolute Gasteiger partial charge is 0.345 e. The predicted molar refractivity (Wildman–Crippen MR) is 52.5 cm³/mol. The molecule has 0 saturated heterocycles. The van der Waals surface area contributed by atoms with Crippen LogP contribution in [0.3, 0.4) is 0 Å². The number of fused-ring (bicyclic) bond motifs is 2. The van der Waals surface area contributed by atoms with Gasteiger partial charge in [0.15, 0.2) is 0 Å². The lowest BCUT2D eigenvalue weighted by atomic mass is 10.2. The highest BCUT2D eigenvalue weighted by Crippen LogP contribution is 2.37. The Kier molecular flexibility index (Phi) is 1.27. The molecule has 12 heavy (non-hydrogen) atoms. The van der Waals surface area contributed by atoms with Crippen LogP contribution >= 0.6 is 22.7 Å². The highest BCUT2D eigenvalue weighted by molar-refractivity contribution is 7.14. The van der Waals surface area contributed by atoms with Gasteiger partial charge in [-0.05, 0) is 11.4 Å². The number of nitrogens with zero attached hydrogens (tertiary/aromatic N) is 1. The molecule has 2 aromatic heterocycles. The zero-order valence-corrected chi connectivity index (χ0v) is 7.84. The Hall–Kier alpha value is -0.870. The number of thiophene rings is 1. The van der Waals surface area contributed by atoms with Gasteiger partial charge in [0.25, 0.3) is 0 Å². The van der Waals surface area contributed by atoms with E-state index in [0.29, 0.717) is 0 Å². The molecule has 0 bridgehead atoms. The lowest BCUT2D eigenvalue weighted by Gasteiger charge is -2.11. The van der Waals surface area contributed by atoms with Gasteiger partial charge in [0, 0.05) is 11.3 Å². The Morgan fingerprint density at radius 2 is 2.42 bits per heavy atom. The van der Waals surface area contributed by atoms with Crippen LogP contribution in [0.1, 0.15) is 10.6 Å². The molecule has 0 atom stereocenters. The zero-order valence-electron chi connectivity index (χ0n) is 6.20. The molecule has 2 aromatic rings. The van der Waals surface area contributed by atoms with Gasteiger partial charge in [-0.2, -0.15) is 0 Å². The van der Waals surface area contributed by atoms with Crippen LogP contribution in [0, 0.1) is 0 Å². The molecule has 60 valence electrons. The summed E-state index contributed by atoms with van der Waals surface area (Å²) >= 11 is 3.47. The van der Waals surface area contributed by atoms with Gasteiger partial charge >= 0.3 is 0 Å². The van der Waals surface area contributed by atoms with Crippen molar-refractivity contribution < 1.29 is 0 Å². The summed E-state index contributed by atoms with van der Waals surface area (Å²) in [5, 5.41) is 6.70. The third-order valence-electron chi connectivity index (χ3n) is 1.96. The second-order valence-electron chi connectivity index (χ2n) is 2.69. The number of thiazole rings is 1. The smallest absolute Gasteiger partial charge is 0.116 e. The quantitative estimate of drug-likeness (QED) is 0.595. The third kappa shape index (κ3) is 0.820. The molecule has 0 fully saturated rings. The highest BCUT2D eigenvalue weighted by Gasteiger charge is 2.17. The van der Waals surface area contributed by atoms with Crippen LogP contribution in [-0.2, 0) is 6.42 Å². The van der Waals surface area contributed by atoms with Crippen LogP contribution in [0.25, 0.3) is 0 Å². The Morgan fingerprint density at radius 3 is 3.42 bits per heavy atom. The summed E-state index contributed by atoms with van der Waals surface area (Å²) in [5.74, 6) is 0. The molecule has 1 aliphatic rings. The first-order valence-electron chi connectivity index (χ1n) is 3.69. The van der Waals surface area contributed by atoms with E-state index in [1.54, 1.807) is 22.7 Å². The molecule has 0 aromatic carbocycles. The first-order chi connectivity index (χ1) is 5.93. The third-order valence-corrected chi connectivity index (χ3v) is 3.67. The van der Waals surface area contributed by atoms with Gasteiger partial charge in [0.05, 0.1) is 16.9 Å². The van der Waals surface area contributed by atoms with E-state index in [1.165, 1.54) is 21.3 Å². The molecule has 0 saturated carbocycles. The minimum absolute atomic E-state index is 0.999. The van der Waals surface area contributed by atoms with Crippen molar-refractivity contribution in [3.63, 3.8) is 0 Å². The second kappa shape index (κ2) is 2.31. The molecule has 0 spiro atoms. The first kappa shape index (κ1) is 6.62. The molecule has 3 rings (SSSR count). The fraction of sp³-hybridized carbons (Fsp3) is 0.125. The molecule has 0 radical (unpaired) electrons. The summed E-state index contributed by atoms with van der Waals surface area (Å²) in [7, 11) is 0. The molecule has 1 N–H and O–H groups in total. The van der Waals surface area contributed by atoms with E-state index in [-0.39, 0.29) is 0 Å². The minimum atomic E-state index is 0.999. The maximum Gasteiger partial charge on any atom is 0.116 e. The summed E-state index contributed by atoms with van der Waals surface area (Å²) < 4.78 is 0. The lowest BCUT2D eigenvalue weighted by molar-refractivity contribution is 1.12. The van der Waals surface area contributed by atoms with Gasteiger partial charge < -0.3 is 5.32 Å². The van der Waals surface area contributed by atoms with E-state index < -0.39 is 0 Å². The Bertz CT molecular complexity index is 343. The number of nitrogens with one attached hydrogen (secondary N) is 1. The summed E-state index contributed by atoms with van der Waals surface area (Å²) in [4.78, 5) is 5.69. The van der Waals surface area contributed by atoms with E-state index in [4.69, 9.17) is 0 Å². The molecule has 0 unspecified atom stereocenters. The minimum Gasteiger partial charge on any atom is -0.345 e. The summed E-state index contributed by atoms with van der Waals surface area (Å²) in [6, 6.07) is 2.13. The number of hydrogen-bond acceptors (Lipinski definition) is 4. The van der Waals surface area contributed by atoms with Gasteiger partial charge in [0.1, 0.15) is 5.00 Å². The van der Waals surface area contributed by atoms with Crippen LogP contribution in [-0.4, -0.2) is 4.98 Å². The predicted octanol–water partition coefficient (Wildman–Crippen LogP) is 2.85. The van der Waals surface area contributed by atoms with Crippen molar-refractivity contribution in [2.75, 3.05) is 5.32 Å². The Labute approximate surface area is 77.9 Å². The summed E-state index contributed by atoms with van der Waals surface area (Å²) in [5.41, 5.74) is 4.35. The van der Waals surface area contributed by atoms with Gasteiger partial charge in [-0.1, -0.05) is 0 Å².